The molecule has 0 atom stereocenters. The van der Waals surface area contributed by atoms with E-state index >= 15 is 0 Å². The molecule has 30 heavy (non-hydrogen) atoms. The SMILES string of the molecule is CC1(C)c2cc3c(cc2-c2c1ccc1ccccc21)C(C)(C)c1c(Cl)cc(Cl)cc1-3. The van der Waals surface area contributed by atoms with Crippen molar-refractivity contribution < 1.29 is 0 Å². The Morgan fingerprint density at radius 1 is 0.633 bits per heavy atom. The standard InChI is InChI=1S/C28H22Cl2/c1-27(2)21-10-9-15-7-5-6-8-17(15)25(21)20-14-22-18(13-23(20)27)19-11-16(29)12-24(30)26(19)28(22,3)4/h5-14H,1-4H3. The quantitative estimate of drug-likeness (QED) is 0.262. The largest absolute Gasteiger partial charge is 0.0843 e. The van der Waals surface area contributed by atoms with Gasteiger partial charge in [-0.3, -0.25) is 0 Å². The van der Waals surface area contributed by atoms with E-state index in [2.05, 4.69) is 82.3 Å². The Labute approximate surface area is 187 Å². The topological polar surface area (TPSA) is 0 Å². The molecular weight excluding hydrogens is 407 g/mol. The van der Waals surface area contributed by atoms with Gasteiger partial charge in [0.2, 0.25) is 0 Å². The smallest absolute Gasteiger partial charge is 0.0467 e. The molecule has 0 saturated carbocycles. The van der Waals surface area contributed by atoms with E-state index < -0.39 is 0 Å². The normalized spacial score (nSPS) is 16.9. The van der Waals surface area contributed by atoms with Crippen molar-refractivity contribution in [3.8, 4) is 22.3 Å². The van der Waals surface area contributed by atoms with E-state index in [-0.39, 0.29) is 10.8 Å². The molecule has 2 aliphatic rings. The Kier molecular flexibility index (Phi) is 3.51. The maximum absolute atomic E-state index is 6.71. The van der Waals surface area contributed by atoms with Gasteiger partial charge in [-0.1, -0.05) is 87.3 Å². The molecule has 0 saturated heterocycles. The van der Waals surface area contributed by atoms with Gasteiger partial charge in [0.25, 0.3) is 0 Å². The summed E-state index contributed by atoms with van der Waals surface area (Å²) in [5, 5.41) is 4.06. The third kappa shape index (κ3) is 2.14. The highest BCUT2D eigenvalue weighted by molar-refractivity contribution is 6.36. The van der Waals surface area contributed by atoms with E-state index in [1.165, 1.54) is 55.3 Å². The van der Waals surface area contributed by atoms with Gasteiger partial charge in [0.15, 0.2) is 0 Å². The zero-order chi connectivity index (χ0) is 21.0. The van der Waals surface area contributed by atoms with Crippen LogP contribution in [-0.2, 0) is 10.8 Å². The molecule has 148 valence electrons. The molecular formula is C28H22Cl2. The summed E-state index contributed by atoms with van der Waals surface area (Å²) in [4.78, 5) is 0. The molecule has 0 heterocycles. The molecule has 0 spiro atoms. The lowest BCUT2D eigenvalue weighted by Gasteiger charge is -2.24. The molecule has 2 heteroatoms. The summed E-state index contributed by atoms with van der Waals surface area (Å²) in [5.74, 6) is 0. The van der Waals surface area contributed by atoms with Gasteiger partial charge < -0.3 is 0 Å². The summed E-state index contributed by atoms with van der Waals surface area (Å²) in [5.41, 5.74) is 10.3. The van der Waals surface area contributed by atoms with Crippen molar-refractivity contribution in [1.82, 2.24) is 0 Å². The van der Waals surface area contributed by atoms with Crippen molar-refractivity contribution in [2.24, 2.45) is 0 Å². The van der Waals surface area contributed by atoms with Crippen LogP contribution in [0.5, 0.6) is 0 Å². The van der Waals surface area contributed by atoms with Crippen LogP contribution in [0.2, 0.25) is 10.0 Å². The van der Waals surface area contributed by atoms with Crippen LogP contribution < -0.4 is 0 Å². The second-order valence-corrected chi connectivity index (χ2v) is 10.6. The van der Waals surface area contributed by atoms with Crippen LogP contribution in [-0.4, -0.2) is 0 Å². The molecule has 6 rings (SSSR count). The number of halogens is 2. The van der Waals surface area contributed by atoms with E-state index in [4.69, 9.17) is 23.2 Å². The minimum atomic E-state index is -0.168. The number of hydrogen-bond acceptors (Lipinski definition) is 0. The minimum absolute atomic E-state index is 0.0566. The summed E-state index contributed by atoms with van der Waals surface area (Å²) in [6.45, 7) is 9.22. The number of benzene rings is 4. The summed E-state index contributed by atoms with van der Waals surface area (Å²) in [6, 6.07) is 22.1. The van der Waals surface area contributed by atoms with Gasteiger partial charge in [0, 0.05) is 20.9 Å². The van der Waals surface area contributed by atoms with Crippen LogP contribution in [0.4, 0.5) is 0 Å². The predicted molar refractivity (Wildman–Crippen MR) is 129 cm³/mol. The molecule has 0 nitrogen and oxygen atoms in total. The van der Waals surface area contributed by atoms with Gasteiger partial charge in [-0.15, -0.1) is 0 Å². The van der Waals surface area contributed by atoms with Crippen LogP contribution in [0.25, 0.3) is 33.0 Å². The first kappa shape index (κ1) is 18.5. The van der Waals surface area contributed by atoms with E-state index in [0.717, 1.165) is 5.02 Å². The Bertz CT molecular complexity index is 1410. The fourth-order valence-electron chi connectivity index (χ4n) is 5.85. The molecule has 0 N–H and O–H groups in total. The lowest BCUT2D eigenvalue weighted by molar-refractivity contribution is 0.652. The van der Waals surface area contributed by atoms with Crippen molar-refractivity contribution in [1.29, 1.82) is 0 Å². The molecule has 4 aromatic rings. The number of rotatable bonds is 0. The summed E-state index contributed by atoms with van der Waals surface area (Å²) < 4.78 is 0. The maximum atomic E-state index is 6.71. The van der Waals surface area contributed by atoms with E-state index in [9.17, 15) is 0 Å². The highest BCUT2D eigenvalue weighted by Crippen LogP contribution is 2.58. The van der Waals surface area contributed by atoms with Gasteiger partial charge >= 0.3 is 0 Å². The van der Waals surface area contributed by atoms with Crippen LogP contribution in [0.1, 0.15) is 49.9 Å². The van der Waals surface area contributed by atoms with Crippen molar-refractivity contribution in [2.45, 2.75) is 38.5 Å². The first-order valence-electron chi connectivity index (χ1n) is 10.4. The molecule has 0 aromatic heterocycles. The predicted octanol–water partition coefficient (Wildman–Crippen LogP) is 8.76. The van der Waals surface area contributed by atoms with Crippen molar-refractivity contribution in [2.75, 3.05) is 0 Å². The first-order chi connectivity index (χ1) is 14.2. The molecule has 4 aromatic carbocycles. The Morgan fingerprint density at radius 2 is 1.33 bits per heavy atom. The summed E-state index contributed by atoms with van der Waals surface area (Å²) in [7, 11) is 0. The average Bonchev–Trinajstić information content (AvgIpc) is 3.06. The van der Waals surface area contributed by atoms with E-state index in [1.54, 1.807) is 0 Å². The first-order valence-corrected chi connectivity index (χ1v) is 11.2. The van der Waals surface area contributed by atoms with Gasteiger partial charge in [-0.05, 0) is 79.5 Å². The summed E-state index contributed by atoms with van der Waals surface area (Å²) >= 11 is 13.1. The molecule has 0 bridgehead atoms. The van der Waals surface area contributed by atoms with Crippen molar-refractivity contribution in [3.63, 3.8) is 0 Å². The molecule has 2 aliphatic carbocycles. The Hall–Kier alpha value is -2.28. The van der Waals surface area contributed by atoms with Crippen LogP contribution in [0, 0.1) is 0 Å². The van der Waals surface area contributed by atoms with E-state index in [1.807, 2.05) is 6.07 Å². The highest BCUT2D eigenvalue weighted by Gasteiger charge is 2.43. The fourth-order valence-corrected chi connectivity index (χ4v) is 6.58. The maximum Gasteiger partial charge on any atom is 0.0467 e. The minimum Gasteiger partial charge on any atom is -0.0843 e. The lowest BCUT2D eigenvalue weighted by Crippen LogP contribution is -2.17. The lowest BCUT2D eigenvalue weighted by atomic mass is 9.79. The average molecular weight is 429 g/mol. The summed E-state index contributed by atoms with van der Waals surface area (Å²) in [6.07, 6.45) is 0. The Morgan fingerprint density at radius 3 is 2.13 bits per heavy atom. The molecule has 0 unspecified atom stereocenters. The second-order valence-electron chi connectivity index (χ2n) is 9.71. The number of hydrogen-bond donors (Lipinski definition) is 0. The highest BCUT2D eigenvalue weighted by atomic mass is 35.5. The van der Waals surface area contributed by atoms with E-state index in [0.29, 0.717) is 5.02 Å². The van der Waals surface area contributed by atoms with Crippen molar-refractivity contribution >= 4 is 34.0 Å². The van der Waals surface area contributed by atoms with Gasteiger partial charge in [-0.25, -0.2) is 0 Å². The molecule has 0 fully saturated rings. The number of fused-ring (bicyclic) bond motifs is 8. The zero-order valence-corrected chi connectivity index (χ0v) is 19.0. The van der Waals surface area contributed by atoms with Crippen molar-refractivity contribution in [3.05, 3.63) is 93.0 Å². The Balaban J connectivity index is 1.74. The molecule has 0 aliphatic heterocycles. The van der Waals surface area contributed by atoms with Crippen LogP contribution in [0.3, 0.4) is 0 Å². The van der Waals surface area contributed by atoms with Gasteiger partial charge in [-0.2, -0.15) is 0 Å². The zero-order valence-electron chi connectivity index (χ0n) is 17.5. The molecule has 0 radical (unpaired) electrons. The second kappa shape index (κ2) is 5.69. The van der Waals surface area contributed by atoms with Gasteiger partial charge in [0.05, 0.1) is 0 Å². The molecule has 0 amide bonds. The monoisotopic (exact) mass is 428 g/mol. The van der Waals surface area contributed by atoms with Crippen LogP contribution >= 0.6 is 23.2 Å². The third-order valence-corrected chi connectivity index (χ3v) is 7.86. The fraction of sp³-hybridized carbons (Fsp3) is 0.214. The van der Waals surface area contributed by atoms with Crippen LogP contribution in [0.15, 0.2) is 60.7 Å². The van der Waals surface area contributed by atoms with Gasteiger partial charge in [0.1, 0.15) is 0 Å². The third-order valence-electron chi connectivity index (χ3n) is 7.35.